The van der Waals surface area contributed by atoms with Crippen LogP contribution in [0.1, 0.15) is 168 Å². The van der Waals surface area contributed by atoms with Gasteiger partial charge in [0.2, 0.25) is 0 Å². The number of carbonyl (C=O) groups is 2. The van der Waals surface area contributed by atoms with Gasteiger partial charge in [-0.1, -0.05) is 129 Å². The third-order valence-corrected chi connectivity index (χ3v) is 8.82. The zero-order valence-electron chi connectivity index (χ0n) is 29.9. The molecule has 0 aromatic carbocycles. The summed E-state index contributed by atoms with van der Waals surface area (Å²) < 4.78 is 22.5. The molecule has 1 aliphatic heterocycles. The van der Waals surface area contributed by atoms with E-state index in [4.69, 9.17) is 18.9 Å². The van der Waals surface area contributed by atoms with E-state index in [0.717, 1.165) is 51.4 Å². The van der Waals surface area contributed by atoms with Crippen LogP contribution in [0.15, 0.2) is 12.2 Å². The molecule has 47 heavy (non-hydrogen) atoms. The van der Waals surface area contributed by atoms with E-state index in [1.165, 1.54) is 77.0 Å². The second-order valence-corrected chi connectivity index (χ2v) is 13.2. The van der Waals surface area contributed by atoms with E-state index >= 15 is 0 Å². The normalized spacial score (nSPS) is 16.4. The van der Waals surface area contributed by atoms with Crippen LogP contribution in [0, 0.1) is 0 Å². The molecule has 1 fully saturated rings. The summed E-state index contributed by atoms with van der Waals surface area (Å²) >= 11 is 0. The smallest absolute Gasteiger partial charge is 0.306 e. The van der Waals surface area contributed by atoms with Gasteiger partial charge in [0.1, 0.15) is 12.2 Å². The van der Waals surface area contributed by atoms with Crippen LogP contribution in [-0.4, -0.2) is 77.8 Å². The lowest BCUT2D eigenvalue weighted by molar-refractivity contribution is -0.221. The Morgan fingerprint density at radius 2 is 1.04 bits per heavy atom. The molecule has 1 aliphatic rings. The molecule has 0 saturated carbocycles. The fourth-order valence-corrected chi connectivity index (χ4v) is 5.84. The Balaban J connectivity index is 2.46. The molecule has 1 rings (SSSR count). The van der Waals surface area contributed by atoms with Gasteiger partial charge in [-0.05, 0) is 38.5 Å². The van der Waals surface area contributed by atoms with Gasteiger partial charge in [-0.25, -0.2) is 0 Å². The maximum Gasteiger partial charge on any atom is 0.306 e. The lowest BCUT2D eigenvalue weighted by Gasteiger charge is -2.34. The Bertz CT molecular complexity index is 768. The predicted molar refractivity (Wildman–Crippen MR) is 186 cm³/mol. The molecule has 4 atom stereocenters. The minimum atomic E-state index is -1.70. The molecule has 3 N–H and O–H groups in total. The average molecular weight is 671 g/mol. The minimum Gasteiger partial charge on any atom is -0.455 e. The zero-order valence-corrected chi connectivity index (χ0v) is 29.9. The van der Waals surface area contributed by atoms with E-state index in [2.05, 4.69) is 26.0 Å². The van der Waals surface area contributed by atoms with Crippen molar-refractivity contribution in [1.29, 1.82) is 0 Å². The highest BCUT2D eigenvalue weighted by atomic mass is 16.7. The van der Waals surface area contributed by atoms with Crippen molar-refractivity contribution < 1.29 is 43.9 Å². The number of hydrogen-bond donors (Lipinski definition) is 3. The lowest BCUT2D eigenvalue weighted by Crippen LogP contribution is -2.54. The van der Waals surface area contributed by atoms with Gasteiger partial charge < -0.3 is 34.3 Å². The Morgan fingerprint density at radius 3 is 1.49 bits per heavy atom. The third-order valence-electron chi connectivity index (χ3n) is 8.82. The van der Waals surface area contributed by atoms with Crippen molar-refractivity contribution in [3.8, 4) is 0 Å². The maximum atomic E-state index is 12.9. The number of allylic oxidation sites excluding steroid dienone is 2. The first-order valence-electron chi connectivity index (χ1n) is 19.2. The Hall–Kier alpha value is -1.52. The van der Waals surface area contributed by atoms with Crippen LogP contribution in [0.5, 0.6) is 0 Å². The lowest BCUT2D eigenvalue weighted by atomic mass is 10.0. The molecule has 9 heteroatoms. The van der Waals surface area contributed by atoms with E-state index in [9.17, 15) is 24.9 Å². The van der Waals surface area contributed by atoms with Crippen molar-refractivity contribution in [3.63, 3.8) is 0 Å². The van der Waals surface area contributed by atoms with Crippen molar-refractivity contribution in [2.45, 2.75) is 199 Å². The van der Waals surface area contributed by atoms with Crippen molar-refractivity contribution in [2.75, 3.05) is 19.8 Å². The average Bonchev–Trinajstić information content (AvgIpc) is 3.61. The van der Waals surface area contributed by atoms with E-state index < -0.39 is 49.3 Å². The second-order valence-electron chi connectivity index (χ2n) is 13.2. The SMILES string of the molecule is CCCCCCCC/C=C\CCCCCCCC(=O)O[C@@H](C1OCCO1)[C@@H](OC(=O)CCCCCCCCCCC)[C@H](O)[C@H](O)CO. The number of hydrogen-bond acceptors (Lipinski definition) is 9. The van der Waals surface area contributed by atoms with E-state index in [-0.39, 0.29) is 26.1 Å². The number of unbranched alkanes of at least 4 members (excludes halogenated alkanes) is 19. The van der Waals surface area contributed by atoms with Crippen molar-refractivity contribution in [2.24, 2.45) is 0 Å². The van der Waals surface area contributed by atoms with Gasteiger partial charge in [0, 0.05) is 12.8 Å². The van der Waals surface area contributed by atoms with E-state index in [1.807, 2.05) is 0 Å². The van der Waals surface area contributed by atoms with Gasteiger partial charge in [-0.15, -0.1) is 0 Å². The summed E-state index contributed by atoms with van der Waals surface area (Å²) in [7, 11) is 0. The first kappa shape index (κ1) is 43.5. The number of esters is 2. The van der Waals surface area contributed by atoms with Crippen LogP contribution in [-0.2, 0) is 28.5 Å². The maximum absolute atomic E-state index is 12.9. The quantitative estimate of drug-likeness (QED) is 0.0372. The molecular weight excluding hydrogens is 600 g/mol. The standard InChI is InChI=1S/C38H70O9/c1-3-5-7-9-11-13-14-15-16-17-18-20-22-24-26-28-34(42)47-37(38-44-29-30-45-38)36(35(43)32(40)31-39)46-33(41)27-25-23-21-19-12-10-8-6-4-2/h15-16,32,35-40,43H,3-14,17-31H2,1-2H3/b16-15-/t32-,35-,36+,37-/m1/s1. The first-order valence-corrected chi connectivity index (χ1v) is 19.2. The molecule has 276 valence electrons. The topological polar surface area (TPSA) is 132 Å². The highest BCUT2D eigenvalue weighted by Crippen LogP contribution is 2.24. The zero-order chi connectivity index (χ0) is 34.4. The molecule has 0 spiro atoms. The Morgan fingerprint density at radius 1 is 0.638 bits per heavy atom. The summed E-state index contributed by atoms with van der Waals surface area (Å²) in [5.74, 6) is -1.09. The van der Waals surface area contributed by atoms with Crippen molar-refractivity contribution in [3.05, 3.63) is 12.2 Å². The van der Waals surface area contributed by atoms with Crippen molar-refractivity contribution in [1.82, 2.24) is 0 Å². The fraction of sp³-hybridized carbons (Fsp3) is 0.895. The van der Waals surface area contributed by atoms with Crippen LogP contribution in [0.4, 0.5) is 0 Å². The molecule has 0 aliphatic carbocycles. The van der Waals surface area contributed by atoms with E-state index in [1.54, 1.807) is 0 Å². The number of carbonyl (C=O) groups excluding carboxylic acids is 2. The summed E-state index contributed by atoms with van der Waals surface area (Å²) in [6, 6.07) is 0. The molecule has 0 aromatic rings. The summed E-state index contributed by atoms with van der Waals surface area (Å²) in [6.45, 7) is 4.20. The van der Waals surface area contributed by atoms with Crippen LogP contribution < -0.4 is 0 Å². The molecule has 0 aromatic heterocycles. The van der Waals surface area contributed by atoms with Gasteiger partial charge in [0.25, 0.3) is 0 Å². The van der Waals surface area contributed by atoms with Gasteiger partial charge in [0.15, 0.2) is 18.5 Å². The molecule has 0 bridgehead atoms. The minimum absolute atomic E-state index is 0.135. The molecule has 0 unspecified atom stereocenters. The van der Waals surface area contributed by atoms with Gasteiger partial charge >= 0.3 is 11.9 Å². The summed E-state index contributed by atoms with van der Waals surface area (Å²) in [5.41, 5.74) is 0. The van der Waals surface area contributed by atoms with Crippen LogP contribution in [0.25, 0.3) is 0 Å². The fourth-order valence-electron chi connectivity index (χ4n) is 5.84. The number of ether oxygens (including phenoxy) is 4. The molecule has 1 heterocycles. The highest BCUT2D eigenvalue weighted by Gasteiger charge is 2.45. The molecular formula is C38H70O9. The Labute approximate surface area is 286 Å². The largest absolute Gasteiger partial charge is 0.455 e. The number of aliphatic hydroxyl groups is 3. The summed E-state index contributed by atoms with van der Waals surface area (Å²) in [6.07, 6.45) is 22.7. The number of rotatable bonds is 32. The summed E-state index contributed by atoms with van der Waals surface area (Å²) in [5, 5.41) is 30.5. The third kappa shape index (κ3) is 22.7. The van der Waals surface area contributed by atoms with Crippen LogP contribution >= 0.6 is 0 Å². The van der Waals surface area contributed by atoms with Gasteiger partial charge in [0.05, 0.1) is 19.8 Å². The van der Waals surface area contributed by atoms with Crippen molar-refractivity contribution >= 4 is 11.9 Å². The highest BCUT2D eigenvalue weighted by molar-refractivity contribution is 5.70. The molecule has 1 saturated heterocycles. The molecule has 0 radical (unpaired) electrons. The second kappa shape index (κ2) is 30.5. The Kier molecular flexibility index (Phi) is 28.3. The first-order chi connectivity index (χ1) is 22.9. The van der Waals surface area contributed by atoms with Crippen LogP contribution in [0.3, 0.4) is 0 Å². The molecule has 0 amide bonds. The monoisotopic (exact) mass is 671 g/mol. The summed E-state index contributed by atoms with van der Waals surface area (Å²) in [4.78, 5) is 25.7. The van der Waals surface area contributed by atoms with Gasteiger partial charge in [-0.2, -0.15) is 0 Å². The van der Waals surface area contributed by atoms with Gasteiger partial charge in [-0.3, -0.25) is 9.59 Å². The van der Waals surface area contributed by atoms with E-state index in [0.29, 0.717) is 12.8 Å². The predicted octanol–water partition coefficient (Wildman–Crippen LogP) is 7.86. The molecule has 9 nitrogen and oxygen atoms in total. The van der Waals surface area contributed by atoms with Crippen LogP contribution in [0.2, 0.25) is 0 Å². The number of aliphatic hydroxyl groups excluding tert-OH is 3.